The van der Waals surface area contributed by atoms with E-state index in [9.17, 15) is 10.1 Å². The van der Waals surface area contributed by atoms with Gasteiger partial charge in [0.25, 0.3) is 5.69 Å². The minimum Gasteiger partial charge on any atom is -0.382 e. The summed E-state index contributed by atoms with van der Waals surface area (Å²) in [4.78, 5) is 10.2. The summed E-state index contributed by atoms with van der Waals surface area (Å²) in [5.41, 5.74) is 1.09. The van der Waals surface area contributed by atoms with Crippen molar-refractivity contribution in [3.63, 3.8) is 0 Å². The average molecular weight is 250 g/mol. The highest BCUT2D eigenvalue weighted by Crippen LogP contribution is 2.20. The van der Waals surface area contributed by atoms with Crippen LogP contribution in [0.2, 0.25) is 0 Å². The fraction of sp³-hybridized carbons (Fsp3) is 0.571. The minimum atomic E-state index is -0.375. The number of nitrogens with one attached hydrogen (secondary N) is 1. The van der Waals surface area contributed by atoms with E-state index < -0.39 is 0 Å². The van der Waals surface area contributed by atoms with E-state index in [0.717, 1.165) is 18.5 Å². The third kappa shape index (κ3) is 4.35. The van der Waals surface area contributed by atoms with Gasteiger partial charge in [-0.25, -0.2) is 0 Å². The molecule has 1 rings (SSSR count). The number of non-ortho nitro benzene ring substituents is 1. The first-order valence-corrected chi connectivity index (χ1v) is 6.57. The van der Waals surface area contributed by atoms with E-state index in [-0.39, 0.29) is 10.6 Å². The van der Waals surface area contributed by atoms with Gasteiger partial charge in [0.1, 0.15) is 0 Å². The molecule has 2 atom stereocenters. The van der Waals surface area contributed by atoms with Gasteiger partial charge in [-0.15, -0.1) is 0 Å². The number of nitrogens with zero attached hydrogens (tertiary/aromatic N) is 1. The van der Waals surface area contributed by atoms with Crippen LogP contribution in [-0.2, 0) is 0 Å². The second-order valence-electron chi connectivity index (χ2n) is 4.80. The summed E-state index contributed by atoms with van der Waals surface area (Å²) < 4.78 is 0. The monoisotopic (exact) mass is 250 g/mol. The molecule has 0 amide bonds. The second-order valence-corrected chi connectivity index (χ2v) is 4.80. The van der Waals surface area contributed by atoms with Crippen LogP contribution in [0.25, 0.3) is 0 Å². The summed E-state index contributed by atoms with van der Waals surface area (Å²) in [6.45, 7) is 6.61. The van der Waals surface area contributed by atoms with Crippen LogP contribution in [-0.4, -0.2) is 11.0 Å². The molecule has 0 aliphatic heterocycles. The molecule has 0 spiro atoms. The Morgan fingerprint density at radius 2 is 1.83 bits per heavy atom. The molecular formula is C14H22N2O2. The molecule has 1 aromatic carbocycles. The maximum absolute atomic E-state index is 10.6. The Morgan fingerprint density at radius 3 is 2.28 bits per heavy atom. The first kappa shape index (κ1) is 14.5. The van der Waals surface area contributed by atoms with Gasteiger partial charge in [0, 0.05) is 23.9 Å². The fourth-order valence-electron chi connectivity index (χ4n) is 1.90. The second kappa shape index (κ2) is 6.99. The summed E-state index contributed by atoms with van der Waals surface area (Å²) in [5, 5.41) is 14.0. The first-order valence-electron chi connectivity index (χ1n) is 6.57. The van der Waals surface area contributed by atoms with Gasteiger partial charge in [0.2, 0.25) is 0 Å². The lowest BCUT2D eigenvalue weighted by Crippen LogP contribution is -2.21. The highest BCUT2D eigenvalue weighted by atomic mass is 16.6. The quantitative estimate of drug-likeness (QED) is 0.582. The molecule has 0 radical (unpaired) electrons. The van der Waals surface area contributed by atoms with E-state index in [0.29, 0.717) is 12.0 Å². The van der Waals surface area contributed by atoms with E-state index >= 15 is 0 Å². The highest BCUT2D eigenvalue weighted by Gasteiger charge is 2.11. The maximum atomic E-state index is 10.6. The number of nitro benzene ring substituents is 1. The topological polar surface area (TPSA) is 55.2 Å². The van der Waals surface area contributed by atoms with Crippen molar-refractivity contribution in [1.82, 2.24) is 0 Å². The smallest absolute Gasteiger partial charge is 0.269 e. The van der Waals surface area contributed by atoms with Crippen molar-refractivity contribution in [2.24, 2.45) is 5.92 Å². The van der Waals surface area contributed by atoms with Crippen LogP contribution in [0.5, 0.6) is 0 Å². The van der Waals surface area contributed by atoms with Crippen LogP contribution < -0.4 is 5.32 Å². The number of hydrogen-bond acceptors (Lipinski definition) is 3. The fourth-order valence-corrected chi connectivity index (χ4v) is 1.90. The van der Waals surface area contributed by atoms with Crippen molar-refractivity contribution in [2.45, 2.75) is 46.1 Å². The molecule has 0 aliphatic carbocycles. The van der Waals surface area contributed by atoms with E-state index in [1.54, 1.807) is 12.1 Å². The zero-order chi connectivity index (χ0) is 13.5. The summed E-state index contributed by atoms with van der Waals surface area (Å²) >= 11 is 0. The van der Waals surface area contributed by atoms with Gasteiger partial charge in [-0.2, -0.15) is 0 Å². The van der Waals surface area contributed by atoms with Crippen molar-refractivity contribution < 1.29 is 4.92 Å². The number of nitro groups is 1. The molecule has 0 heterocycles. The number of benzene rings is 1. The van der Waals surface area contributed by atoms with E-state index in [2.05, 4.69) is 26.1 Å². The van der Waals surface area contributed by atoms with Crippen molar-refractivity contribution in [2.75, 3.05) is 5.32 Å². The van der Waals surface area contributed by atoms with Gasteiger partial charge < -0.3 is 5.32 Å². The number of rotatable bonds is 7. The van der Waals surface area contributed by atoms with Crippen molar-refractivity contribution in [1.29, 1.82) is 0 Å². The molecule has 4 heteroatoms. The molecule has 0 aromatic heterocycles. The molecule has 0 saturated heterocycles. The lowest BCUT2D eigenvalue weighted by atomic mass is 9.97. The van der Waals surface area contributed by atoms with Crippen LogP contribution in [0.3, 0.4) is 0 Å². The minimum absolute atomic E-state index is 0.135. The van der Waals surface area contributed by atoms with Crippen LogP contribution in [0.4, 0.5) is 11.4 Å². The number of hydrogen-bond donors (Lipinski definition) is 1. The molecule has 1 N–H and O–H groups in total. The molecule has 0 aliphatic rings. The summed E-state index contributed by atoms with van der Waals surface area (Å²) in [6.07, 6.45) is 3.36. The molecule has 4 nitrogen and oxygen atoms in total. The lowest BCUT2D eigenvalue weighted by molar-refractivity contribution is -0.384. The molecule has 0 saturated carbocycles. The Hall–Kier alpha value is -1.58. The van der Waals surface area contributed by atoms with Gasteiger partial charge in [-0.1, -0.05) is 27.2 Å². The molecule has 1 aromatic rings. The van der Waals surface area contributed by atoms with Crippen molar-refractivity contribution >= 4 is 11.4 Å². The van der Waals surface area contributed by atoms with E-state index in [4.69, 9.17) is 0 Å². The molecule has 18 heavy (non-hydrogen) atoms. The van der Waals surface area contributed by atoms with Crippen molar-refractivity contribution in [3.8, 4) is 0 Å². The van der Waals surface area contributed by atoms with Crippen LogP contribution in [0.1, 0.15) is 40.0 Å². The normalized spacial score (nSPS) is 13.9. The Morgan fingerprint density at radius 1 is 1.22 bits per heavy atom. The van der Waals surface area contributed by atoms with Gasteiger partial charge >= 0.3 is 0 Å². The third-order valence-electron chi connectivity index (χ3n) is 3.33. The molecule has 0 fully saturated rings. The van der Waals surface area contributed by atoms with Crippen molar-refractivity contribution in [3.05, 3.63) is 34.4 Å². The Kier molecular flexibility index (Phi) is 5.62. The zero-order valence-electron chi connectivity index (χ0n) is 11.3. The van der Waals surface area contributed by atoms with Crippen LogP contribution >= 0.6 is 0 Å². The SMILES string of the molecule is CCC(C)CC(CC)Nc1ccc([N+](=O)[O-])cc1. The molecular weight excluding hydrogens is 228 g/mol. The van der Waals surface area contributed by atoms with E-state index in [1.807, 2.05) is 0 Å². The molecule has 0 bridgehead atoms. The summed E-state index contributed by atoms with van der Waals surface area (Å²) in [6, 6.07) is 7.06. The highest BCUT2D eigenvalue weighted by molar-refractivity contribution is 5.49. The van der Waals surface area contributed by atoms with Crippen LogP contribution in [0.15, 0.2) is 24.3 Å². The first-order chi connectivity index (χ1) is 8.56. The van der Waals surface area contributed by atoms with Gasteiger partial charge in [-0.3, -0.25) is 10.1 Å². The summed E-state index contributed by atoms with van der Waals surface area (Å²) in [7, 11) is 0. The largest absolute Gasteiger partial charge is 0.382 e. The third-order valence-corrected chi connectivity index (χ3v) is 3.33. The zero-order valence-corrected chi connectivity index (χ0v) is 11.3. The summed E-state index contributed by atoms with van der Waals surface area (Å²) in [5.74, 6) is 0.695. The maximum Gasteiger partial charge on any atom is 0.269 e. The average Bonchev–Trinajstić information content (AvgIpc) is 2.38. The lowest BCUT2D eigenvalue weighted by Gasteiger charge is -2.21. The standard InChI is InChI=1S/C14H22N2O2/c1-4-11(3)10-12(5-2)15-13-6-8-14(9-7-13)16(17)18/h6-9,11-12,15H,4-5,10H2,1-3H3. The van der Waals surface area contributed by atoms with Gasteiger partial charge in [0.15, 0.2) is 0 Å². The predicted octanol–water partition coefficient (Wildman–Crippen LogP) is 4.22. The Labute approximate surface area is 109 Å². The Balaban J connectivity index is 2.61. The van der Waals surface area contributed by atoms with Crippen LogP contribution in [0, 0.1) is 16.0 Å². The predicted molar refractivity (Wildman–Crippen MR) is 74.9 cm³/mol. The molecule has 100 valence electrons. The number of anilines is 1. The van der Waals surface area contributed by atoms with Gasteiger partial charge in [-0.05, 0) is 30.9 Å². The van der Waals surface area contributed by atoms with E-state index in [1.165, 1.54) is 18.6 Å². The Bertz CT molecular complexity index is 376. The molecule has 2 unspecified atom stereocenters. The van der Waals surface area contributed by atoms with Gasteiger partial charge in [0.05, 0.1) is 4.92 Å².